The van der Waals surface area contributed by atoms with E-state index >= 15 is 0 Å². The topological polar surface area (TPSA) is 82.3 Å². The van der Waals surface area contributed by atoms with Crippen LogP contribution in [0.1, 0.15) is 15.9 Å². The number of aryl methyl sites for hydroxylation is 1. The van der Waals surface area contributed by atoms with E-state index in [4.69, 9.17) is 4.74 Å². The third-order valence-corrected chi connectivity index (χ3v) is 2.93. The molecule has 0 aliphatic carbocycles. The SMILES string of the molecule is Cc1cc(C=O)cnc1Oc1cc(Br)cc([N+](=O)[O-])c1. The standard InChI is InChI=1S/C13H9BrN2O4/c1-8-2-9(7-17)6-15-13(8)20-12-4-10(14)3-11(5-12)16(18)19/h2-7H,1H3. The van der Waals surface area contributed by atoms with Crippen molar-refractivity contribution in [2.75, 3.05) is 0 Å². The van der Waals surface area contributed by atoms with E-state index in [2.05, 4.69) is 20.9 Å². The normalized spacial score (nSPS) is 10.1. The number of pyridine rings is 1. The van der Waals surface area contributed by atoms with Crippen LogP contribution >= 0.6 is 15.9 Å². The molecule has 0 saturated heterocycles. The van der Waals surface area contributed by atoms with Crippen LogP contribution in [-0.4, -0.2) is 16.2 Å². The zero-order chi connectivity index (χ0) is 14.7. The van der Waals surface area contributed by atoms with Crippen LogP contribution in [0.25, 0.3) is 0 Å². The first-order valence-electron chi connectivity index (χ1n) is 5.54. The molecule has 0 atom stereocenters. The lowest BCUT2D eigenvalue weighted by molar-refractivity contribution is -0.385. The molecule has 0 aliphatic rings. The summed E-state index contributed by atoms with van der Waals surface area (Å²) in [6, 6.07) is 5.91. The molecule has 0 radical (unpaired) electrons. The second-order valence-electron chi connectivity index (χ2n) is 4.01. The quantitative estimate of drug-likeness (QED) is 0.483. The van der Waals surface area contributed by atoms with Crippen LogP contribution in [0.2, 0.25) is 0 Å². The molecule has 0 N–H and O–H groups in total. The number of nitro groups is 1. The van der Waals surface area contributed by atoms with E-state index in [1.54, 1.807) is 19.1 Å². The van der Waals surface area contributed by atoms with E-state index < -0.39 is 4.92 Å². The number of hydrogen-bond donors (Lipinski definition) is 0. The summed E-state index contributed by atoms with van der Waals surface area (Å²) in [5.41, 5.74) is 1.02. The average Bonchev–Trinajstić information content (AvgIpc) is 2.40. The van der Waals surface area contributed by atoms with Crippen molar-refractivity contribution in [3.05, 3.63) is 56.2 Å². The first-order valence-corrected chi connectivity index (χ1v) is 6.33. The fourth-order valence-corrected chi connectivity index (χ4v) is 2.04. The predicted octanol–water partition coefficient (Wildman–Crippen LogP) is 3.67. The van der Waals surface area contributed by atoms with Crippen molar-refractivity contribution in [2.24, 2.45) is 0 Å². The minimum atomic E-state index is -0.507. The van der Waals surface area contributed by atoms with Gasteiger partial charge in [0.05, 0.1) is 11.0 Å². The number of benzene rings is 1. The molecule has 2 rings (SSSR count). The Morgan fingerprint density at radius 3 is 2.70 bits per heavy atom. The Kier molecular flexibility index (Phi) is 4.09. The van der Waals surface area contributed by atoms with E-state index in [0.717, 1.165) is 0 Å². The summed E-state index contributed by atoms with van der Waals surface area (Å²) in [6.45, 7) is 1.74. The van der Waals surface area contributed by atoms with Crippen molar-refractivity contribution in [1.82, 2.24) is 4.98 Å². The Bertz CT molecular complexity index is 688. The number of carbonyl (C=O) groups excluding carboxylic acids is 1. The molecule has 1 aromatic heterocycles. The summed E-state index contributed by atoms with van der Waals surface area (Å²) >= 11 is 3.18. The van der Waals surface area contributed by atoms with Gasteiger partial charge >= 0.3 is 0 Å². The van der Waals surface area contributed by atoms with Gasteiger partial charge in [0.15, 0.2) is 6.29 Å². The van der Waals surface area contributed by atoms with Gasteiger partial charge in [0.25, 0.3) is 5.69 Å². The predicted molar refractivity (Wildman–Crippen MR) is 75.2 cm³/mol. The van der Waals surface area contributed by atoms with Gasteiger partial charge in [-0.25, -0.2) is 4.98 Å². The minimum Gasteiger partial charge on any atom is -0.438 e. The molecule has 0 spiro atoms. The van der Waals surface area contributed by atoms with E-state index in [1.165, 1.54) is 18.3 Å². The van der Waals surface area contributed by atoms with Crippen LogP contribution in [0.4, 0.5) is 5.69 Å². The van der Waals surface area contributed by atoms with Crippen LogP contribution in [-0.2, 0) is 0 Å². The van der Waals surface area contributed by atoms with Crippen molar-refractivity contribution in [2.45, 2.75) is 6.92 Å². The molecule has 0 saturated carbocycles. The third-order valence-electron chi connectivity index (χ3n) is 2.47. The lowest BCUT2D eigenvalue weighted by Crippen LogP contribution is -1.95. The van der Waals surface area contributed by atoms with Crippen LogP contribution in [0.3, 0.4) is 0 Å². The first-order chi connectivity index (χ1) is 9.49. The van der Waals surface area contributed by atoms with Gasteiger partial charge in [0.1, 0.15) is 5.75 Å². The molecule has 7 heteroatoms. The van der Waals surface area contributed by atoms with Crippen LogP contribution < -0.4 is 4.74 Å². The average molecular weight is 337 g/mol. The van der Waals surface area contributed by atoms with Crippen molar-refractivity contribution in [1.29, 1.82) is 0 Å². The number of rotatable bonds is 4. The first kappa shape index (κ1) is 14.1. The van der Waals surface area contributed by atoms with E-state index in [9.17, 15) is 14.9 Å². The van der Waals surface area contributed by atoms with Gasteiger partial charge < -0.3 is 4.74 Å². The summed E-state index contributed by atoms with van der Waals surface area (Å²) in [7, 11) is 0. The summed E-state index contributed by atoms with van der Waals surface area (Å²) in [5.74, 6) is 0.587. The number of hydrogen-bond acceptors (Lipinski definition) is 5. The number of carbonyl (C=O) groups is 1. The van der Waals surface area contributed by atoms with E-state index in [0.29, 0.717) is 33.5 Å². The molecule has 1 heterocycles. The number of aromatic nitrogens is 1. The van der Waals surface area contributed by atoms with Gasteiger partial charge in [-0.1, -0.05) is 15.9 Å². The number of ether oxygens (including phenoxy) is 1. The number of halogens is 1. The van der Waals surface area contributed by atoms with Crippen molar-refractivity contribution >= 4 is 27.9 Å². The van der Waals surface area contributed by atoms with Gasteiger partial charge in [-0.3, -0.25) is 14.9 Å². The minimum absolute atomic E-state index is 0.0865. The fraction of sp³-hybridized carbons (Fsp3) is 0.0769. The molecule has 0 fully saturated rings. The number of aldehydes is 1. The number of nitrogens with zero attached hydrogens (tertiary/aromatic N) is 2. The van der Waals surface area contributed by atoms with Crippen molar-refractivity contribution < 1.29 is 14.5 Å². The molecular weight excluding hydrogens is 328 g/mol. The summed E-state index contributed by atoms with van der Waals surface area (Å²) in [5, 5.41) is 10.8. The molecule has 6 nitrogen and oxygen atoms in total. The second kappa shape index (κ2) is 5.79. The molecule has 102 valence electrons. The number of non-ortho nitro benzene ring substituents is 1. The highest BCUT2D eigenvalue weighted by atomic mass is 79.9. The fourth-order valence-electron chi connectivity index (χ4n) is 1.58. The Morgan fingerprint density at radius 1 is 1.35 bits per heavy atom. The molecule has 0 unspecified atom stereocenters. The smallest absolute Gasteiger partial charge is 0.274 e. The van der Waals surface area contributed by atoms with Gasteiger partial charge in [-0.15, -0.1) is 0 Å². The zero-order valence-corrected chi connectivity index (χ0v) is 12.0. The van der Waals surface area contributed by atoms with Crippen molar-refractivity contribution in [3.63, 3.8) is 0 Å². The lowest BCUT2D eigenvalue weighted by atomic mass is 10.2. The molecule has 0 aliphatic heterocycles. The van der Waals surface area contributed by atoms with E-state index in [1.807, 2.05) is 0 Å². The van der Waals surface area contributed by atoms with Crippen LogP contribution in [0.15, 0.2) is 34.9 Å². The van der Waals surface area contributed by atoms with Gasteiger partial charge in [-0.2, -0.15) is 0 Å². The highest BCUT2D eigenvalue weighted by molar-refractivity contribution is 9.10. The molecule has 0 amide bonds. The van der Waals surface area contributed by atoms with Gasteiger partial charge in [-0.05, 0) is 19.1 Å². The Morgan fingerprint density at radius 2 is 2.10 bits per heavy atom. The highest BCUT2D eigenvalue weighted by Gasteiger charge is 2.11. The van der Waals surface area contributed by atoms with Crippen LogP contribution in [0, 0.1) is 17.0 Å². The Balaban J connectivity index is 2.34. The number of nitro benzene ring substituents is 1. The summed E-state index contributed by atoms with van der Waals surface area (Å²) in [6.07, 6.45) is 2.06. The molecule has 2 aromatic rings. The monoisotopic (exact) mass is 336 g/mol. The molecule has 0 bridgehead atoms. The molecule has 1 aromatic carbocycles. The van der Waals surface area contributed by atoms with Gasteiger partial charge in [0.2, 0.25) is 5.88 Å². The molecular formula is C13H9BrN2O4. The maximum absolute atomic E-state index is 10.8. The molecule has 20 heavy (non-hydrogen) atoms. The summed E-state index contributed by atoms with van der Waals surface area (Å²) in [4.78, 5) is 24.9. The van der Waals surface area contributed by atoms with Crippen molar-refractivity contribution in [3.8, 4) is 11.6 Å². The Hall–Kier alpha value is -2.28. The second-order valence-corrected chi connectivity index (χ2v) is 4.93. The zero-order valence-electron chi connectivity index (χ0n) is 10.4. The highest BCUT2D eigenvalue weighted by Crippen LogP contribution is 2.30. The summed E-state index contributed by atoms with van der Waals surface area (Å²) < 4.78 is 6.05. The lowest BCUT2D eigenvalue weighted by Gasteiger charge is -2.08. The Labute approximate surface area is 122 Å². The maximum atomic E-state index is 10.8. The van der Waals surface area contributed by atoms with Crippen LogP contribution in [0.5, 0.6) is 11.6 Å². The van der Waals surface area contributed by atoms with E-state index in [-0.39, 0.29) is 5.69 Å². The third kappa shape index (κ3) is 3.18. The largest absolute Gasteiger partial charge is 0.438 e. The van der Waals surface area contributed by atoms with Gasteiger partial charge in [0, 0.05) is 27.9 Å². The maximum Gasteiger partial charge on any atom is 0.274 e.